The van der Waals surface area contributed by atoms with Gasteiger partial charge in [-0.3, -0.25) is 19.3 Å². The Balaban J connectivity index is 1.02. The van der Waals surface area contributed by atoms with Crippen LogP contribution in [-0.4, -0.2) is 98.7 Å². The van der Waals surface area contributed by atoms with Crippen LogP contribution >= 0.6 is 0 Å². The molecule has 69 heavy (non-hydrogen) atoms. The number of aromatic nitrogens is 2. The number of amides is 3. The summed E-state index contributed by atoms with van der Waals surface area (Å²) >= 11 is 0. The van der Waals surface area contributed by atoms with E-state index in [1.807, 2.05) is 83.8 Å². The minimum absolute atomic E-state index is 0.00780. The minimum Gasteiger partial charge on any atom is -0.508 e. The van der Waals surface area contributed by atoms with E-state index in [2.05, 4.69) is 46.0 Å². The average molecular weight is 926 g/mol. The Morgan fingerprint density at radius 2 is 1.59 bits per heavy atom. The molecule has 1 saturated heterocycles. The van der Waals surface area contributed by atoms with E-state index in [-0.39, 0.29) is 42.0 Å². The molecule has 5 heterocycles. The van der Waals surface area contributed by atoms with Crippen LogP contribution < -0.4 is 10.1 Å². The van der Waals surface area contributed by atoms with Gasteiger partial charge in [-0.05, 0) is 129 Å². The fraction of sp³-hybridized carbons (Fsp3) is 0.357. The molecule has 354 valence electrons. The number of morpholine rings is 1. The van der Waals surface area contributed by atoms with Crippen LogP contribution in [0.4, 0.5) is 5.69 Å². The molecule has 0 radical (unpaired) electrons. The number of rotatable bonds is 12. The summed E-state index contributed by atoms with van der Waals surface area (Å²) in [5.41, 5.74) is 11.5. The summed E-state index contributed by atoms with van der Waals surface area (Å²) in [6.07, 6.45) is 3.47. The quantitative estimate of drug-likeness (QED) is 0.117. The van der Waals surface area contributed by atoms with Gasteiger partial charge in [-0.2, -0.15) is 5.26 Å². The van der Waals surface area contributed by atoms with Crippen molar-refractivity contribution in [3.63, 3.8) is 0 Å². The number of fused-ring (bicyclic) bond motifs is 2. The molecule has 13 heteroatoms. The first-order chi connectivity index (χ1) is 33.4. The van der Waals surface area contributed by atoms with Gasteiger partial charge in [-0.25, -0.2) is 0 Å². The predicted molar refractivity (Wildman–Crippen MR) is 264 cm³/mol. The first-order valence-corrected chi connectivity index (χ1v) is 24.2. The van der Waals surface area contributed by atoms with Gasteiger partial charge >= 0.3 is 0 Å². The van der Waals surface area contributed by atoms with Crippen molar-refractivity contribution >= 4 is 23.4 Å². The second kappa shape index (κ2) is 19.1. The van der Waals surface area contributed by atoms with Crippen LogP contribution in [-0.2, 0) is 48.9 Å². The van der Waals surface area contributed by atoms with Crippen LogP contribution in [0.1, 0.15) is 91.4 Å². The summed E-state index contributed by atoms with van der Waals surface area (Å²) in [6.45, 7) is 12.1. The summed E-state index contributed by atoms with van der Waals surface area (Å²) in [4.78, 5) is 50.5. The number of phenolic OH excluding ortho intramolecular Hbond substituents is 1. The van der Waals surface area contributed by atoms with E-state index in [1.54, 1.807) is 12.1 Å². The van der Waals surface area contributed by atoms with Gasteiger partial charge in [0.1, 0.15) is 29.9 Å². The molecule has 0 bridgehead atoms. The number of nitrogens with one attached hydrogen (secondary N) is 1. The van der Waals surface area contributed by atoms with Crippen LogP contribution in [0.5, 0.6) is 11.5 Å². The maximum absolute atomic E-state index is 15.5. The Kier molecular flexibility index (Phi) is 12.6. The number of hydrogen-bond donors (Lipinski definition) is 2. The molecular formula is C56H59N7O6. The number of ether oxygens (including phenoxy) is 2. The standard InChI is InChI=1S/C56H59N7O6/c1-35-27-39-7-5-6-8-41(39)34-62(35)56(67)50-30-42-33-61(51(65)28-38-9-17-47(18-10-38)69-26-23-60-21-24-68-25-22-60)20-19-40(42)29-49(50)54-53(48-31-45(32-57)63(36(48)2)44-13-14-44)52(37(3)59(54)4)55(66)58-43-11-15-46(64)16-12-43/h5-12,15-18,29-31,35,44,64H,13-14,19-28,33-34H2,1-4H3,(H,58,66)/t35-/m1/s1. The van der Waals surface area contributed by atoms with Crippen LogP contribution in [0, 0.1) is 25.2 Å². The minimum atomic E-state index is -0.348. The molecule has 2 fully saturated rings. The van der Waals surface area contributed by atoms with Gasteiger partial charge in [0.2, 0.25) is 5.91 Å². The third kappa shape index (κ3) is 9.14. The first kappa shape index (κ1) is 45.6. The van der Waals surface area contributed by atoms with Gasteiger partial charge in [-0.15, -0.1) is 0 Å². The molecule has 1 atom stereocenters. The number of anilines is 1. The lowest BCUT2D eigenvalue weighted by atomic mass is 9.87. The monoisotopic (exact) mass is 925 g/mol. The normalized spacial score (nSPS) is 16.9. The summed E-state index contributed by atoms with van der Waals surface area (Å²) < 4.78 is 15.6. The third-order valence-corrected chi connectivity index (χ3v) is 14.6. The van der Waals surface area contributed by atoms with Crippen LogP contribution in [0.25, 0.3) is 22.4 Å². The topological polar surface area (TPSA) is 145 Å². The summed E-state index contributed by atoms with van der Waals surface area (Å²) in [5, 5.41) is 23.6. The number of aromatic hydroxyl groups is 1. The smallest absolute Gasteiger partial charge is 0.258 e. The van der Waals surface area contributed by atoms with E-state index in [9.17, 15) is 20.0 Å². The summed E-state index contributed by atoms with van der Waals surface area (Å²) in [7, 11) is 1.93. The van der Waals surface area contributed by atoms with E-state index in [4.69, 9.17) is 9.47 Å². The fourth-order valence-corrected chi connectivity index (χ4v) is 10.6. The molecule has 6 aromatic rings. The molecule has 1 saturated carbocycles. The van der Waals surface area contributed by atoms with E-state index in [0.29, 0.717) is 84.1 Å². The van der Waals surface area contributed by atoms with E-state index in [1.165, 1.54) is 17.7 Å². The maximum atomic E-state index is 15.5. The number of nitriles is 1. The molecule has 1 aliphatic carbocycles. The number of hydrogen-bond acceptors (Lipinski definition) is 8. The van der Waals surface area contributed by atoms with Crippen molar-refractivity contribution in [1.82, 2.24) is 23.8 Å². The molecule has 0 spiro atoms. The van der Waals surface area contributed by atoms with Crippen molar-refractivity contribution in [3.05, 3.63) is 147 Å². The molecule has 3 amide bonds. The van der Waals surface area contributed by atoms with Crippen LogP contribution in [0.2, 0.25) is 0 Å². The molecule has 4 aromatic carbocycles. The van der Waals surface area contributed by atoms with Crippen molar-refractivity contribution in [2.24, 2.45) is 7.05 Å². The first-order valence-electron chi connectivity index (χ1n) is 24.2. The second-order valence-electron chi connectivity index (χ2n) is 19.1. The van der Waals surface area contributed by atoms with E-state index < -0.39 is 0 Å². The Labute approximate surface area is 403 Å². The van der Waals surface area contributed by atoms with Crippen molar-refractivity contribution in [2.45, 2.75) is 78.0 Å². The van der Waals surface area contributed by atoms with Crippen LogP contribution in [0.15, 0.2) is 91.0 Å². The zero-order valence-electron chi connectivity index (χ0n) is 39.9. The lowest BCUT2D eigenvalue weighted by Gasteiger charge is -2.36. The molecule has 4 aliphatic rings. The Morgan fingerprint density at radius 1 is 0.855 bits per heavy atom. The Bertz CT molecular complexity index is 2990. The zero-order valence-corrected chi connectivity index (χ0v) is 39.9. The number of benzene rings is 4. The average Bonchev–Trinajstić information content (AvgIpc) is 4.09. The highest BCUT2D eigenvalue weighted by atomic mass is 16.5. The number of carbonyl (C=O) groups excluding carboxylic acids is 3. The van der Waals surface area contributed by atoms with Gasteiger partial charge in [0.15, 0.2) is 0 Å². The van der Waals surface area contributed by atoms with Gasteiger partial charge in [-0.1, -0.05) is 36.4 Å². The van der Waals surface area contributed by atoms with E-state index >= 15 is 4.79 Å². The number of carbonyl (C=O) groups is 3. The summed E-state index contributed by atoms with van der Waals surface area (Å²) in [5.74, 6) is 0.389. The molecule has 0 unspecified atom stereocenters. The van der Waals surface area contributed by atoms with Crippen LogP contribution in [0.3, 0.4) is 0 Å². The van der Waals surface area contributed by atoms with Crippen molar-refractivity contribution < 1.29 is 29.0 Å². The third-order valence-electron chi connectivity index (χ3n) is 14.6. The Hall–Kier alpha value is -7.14. The van der Waals surface area contributed by atoms with Crippen molar-refractivity contribution in [2.75, 3.05) is 51.3 Å². The molecular weight excluding hydrogens is 867 g/mol. The molecule has 13 nitrogen and oxygen atoms in total. The van der Waals surface area contributed by atoms with Gasteiger partial charge in [0.25, 0.3) is 11.8 Å². The number of nitrogens with zero attached hydrogens (tertiary/aromatic N) is 6. The van der Waals surface area contributed by atoms with Crippen molar-refractivity contribution in [3.8, 4) is 40.0 Å². The molecule has 3 aliphatic heterocycles. The second-order valence-corrected chi connectivity index (χ2v) is 19.1. The fourth-order valence-electron chi connectivity index (χ4n) is 10.6. The molecule has 2 N–H and O–H groups in total. The lowest BCUT2D eigenvalue weighted by Crippen LogP contribution is -2.43. The van der Waals surface area contributed by atoms with Crippen molar-refractivity contribution in [1.29, 1.82) is 5.26 Å². The lowest BCUT2D eigenvalue weighted by molar-refractivity contribution is -0.131. The summed E-state index contributed by atoms with van der Waals surface area (Å²) in [6, 6.07) is 31.0. The van der Waals surface area contributed by atoms with E-state index in [0.717, 1.165) is 85.0 Å². The predicted octanol–water partition coefficient (Wildman–Crippen LogP) is 8.37. The van der Waals surface area contributed by atoms with Gasteiger partial charge in [0, 0.05) is 97.7 Å². The largest absolute Gasteiger partial charge is 0.508 e. The Morgan fingerprint density at radius 3 is 2.32 bits per heavy atom. The maximum Gasteiger partial charge on any atom is 0.258 e. The highest BCUT2D eigenvalue weighted by Crippen LogP contribution is 2.47. The highest BCUT2D eigenvalue weighted by molar-refractivity contribution is 6.14. The SMILES string of the molecule is Cc1c(C(=O)Nc2ccc(O)cc2)c(-c2cc(C#N)n(C3CC3)c2C)c(-c2cc3c(cc2C(=O)N2Cc4ccccc4C[C@H]2C)CN(C(=O)Cc2ccc(OCCN4CCOCC4)cc2)CC3)n1C. The zero-order chi connectivity index (χ0) is 47.9. The molecule has 2 aromatic heterocycles. The molecule has 10 rings (SSSR count). The van der Waals surface area contributed by atoms with Gasteiger partial charge in [0.05, 0.1) is 30.9 Å². The van der Waals surface area contributed by atoms with Gasteiger partial charge < -0.3 is 38.8 Å². The number of phenols is 1. The highest BCUT2D eigenvalue weighted by Gasteiger charge is 2.36.